The highest BCUT2D eigenvalue weighted by Gasteiger charge is 2.47. The maximum absolute atomic E-state index is 15.2. The monoisotopic (exact) mass is 408 g/mol. The van der Waals surface area contributed by atoms with Gasteiger partial charge < -0.3 is 15.3 Å². The van der Waals surface area contributed by atoms with Crippen molar-refractivity contribution >= 4 is 16.7 Å². The first-order valence-electron chi connectivity index (χ1n) is 10.3. The number of aromatic nitrogens is 4. The first-order chi connectivity index (χ1) is 14.4. The fourth-order valence-corrected chi connectivity index (χ4v) is 4.93. The molecule has 2 aliphatic rings. The number of phenols is 1. The minimum Gasteiger partial charge on any atom is -0.507 e. The zero-order valence-corrected chi connectivity index (χ0v) is 17.1. The fourth-order valence-electron chi connectivity index (χ4n) is 4.93. The van der Waals surface area contributed by atoms with Crippen LogP contribution in [0.15, 0.2) is 36.8 Å². The summed E-state index contributed by atoms with van der Waals surface area (Å²) in [6, 6.07) is 4.91. The second-order valence-electron chi connectivity index (χ2n) is 8.77. The number of hydrogen-bond acceptors (Lipinski definition) is 7. The molecule has 7 nitrogen and oxygen atoms in total. The zero-order valence-electron chi connectivity index (χ0n) is 17.1. The van der Waals surface area contributed by atoms with Crippen LogP contribution in [-0.2, 0) is 0 Å². The Kier molecular flexibility index (Phi) is 4.54. The molecule has 30 heavy (non-hydrogen) atoms. The summed E-state index contributed by atoms with van der Waals surface area (Å²) < 4.78 is 15.2. The van der Waals surface area contributed by atoms with Crippen molar-refractivity contribution in [1.29, 1.82) is 0 Å². The molecule has 0 spiro atoms. The number of aromatic hydroxyl groups is 1. The number of rotatable bonds is 3. The molecule has 1 aromatic carbocycles. The highest BCUT2D eigenvalue weighted by Crippen LogP contribution is 2.38. The largest absolute Gasteiger partial charge is 0.507 e. The molecule has 0 aliphatic carbocycles. The van der Waals surface area contributed by atoms with Gasteiger partial charge in [0, 0.05) is 42.0 Å². The quantitative estimate of drug-likeness (QED) is 0.688. The molecule has 0 saturated carbocycles. The Balaban J connectivity index is 1.42. The topological polar surface area (TPSA) is 87.1 Å². The molecule has 2 N–H and O–H groups in total. The van der Waals surface area contributed by atoms with Crippen LogP contribution in [0, 0.1) is 0 Å². The summed E-state index contributed by atoms with van der Waals surface area (Å²) in [5, 5.41) is 24.2. The summed E-state index contributed by atoms with van der Waals surface area (Å²) in [6.45, 7) is 2.17. The Morgan fingerprint density at radius 3 is 2.90 bits per heavy atom. The van der Waals surface area contributed by atoms with Crippen molar-refractivity contribution in [2.45, 2.75) is 56.4 Å². The lowest BCUT2D eigenvalue weighted by Crippen LogP contribution is -2.66. The van der Waals surface area contributed by atoms with E-state index in [9.17, 15) is 5.11 Å². The molecule has 4 heterocycles. The van der Waals surface area contributed by atoms with Crippen LogP contribution in [0.4, 0.5) is 10.3 Å². The molecule has 2 fully saturated rings. The van der Waals surface area contributed by atoms with E-state index in [1.807, 2.05) is 24.1 Å². The van der Waals surface area contributed by atoms with Crippen molar-refractivity contribution in [2.75, 3.05) is 11.9 Å². The Labute approximate surface area is 174 Å². The van der Waals surface area contributed by atoms with E-state index in [1.54, 1.807) is 24.7 Å². The molecule has 0 unspecified atom stereocenters. The maximum Gasteiger partial charge on any atom is 0.245 e. The van der Waals surface area contributed by atoms with Crippen LogP contribution in [-0.4, -0.2) is 56.1 Å². The molecule has 0 radical (unpaired) electrons. The van der Waals surface area contributed by atoms with Crippen LogP contribution in [0.1, 0.15) is 32.6 Å². The number of benzene rings is 1. The smallest absolute Gasteiger partial charge is 0.245 e. The summed E-state index contributed by atoms with van der Waals surface area (Å²) in [6.07, 6.45) is 7.67. The lowest BCUT2D eigenvalue weighted by atomic mass is 9.74. The third kappa shape index (κ3) is 3.25. The SMILES string of the molecule is CN(c1ncc(-c2cc3cnccc3cc2O)nn1)[C@@H]1C[C@@]2(C)CCC[C@H](N2)[C@H]1F. The number of nitrogens with one attached hydrogen (secondary N) is 1. The Morgan fingerprint density at radius 2 is 2.10 bits per heavy atom. The number of nitrogens with zero attached hydrogens (tertiary/aromatic N) is 5. The lowest BCUT2D eigenvalue weighted by molar-refractivity contribution is 0.0605. The minimum atomic E-state index is -0.983. The van der Waals surface area contributed by atoms with Crippen molar-refractivity contribution in [1.82, 2.24) is 25.5 Å². The van der Waals surface area contributed by atoms with Gasteiger partial charge in [-0.2, -0.15) is 0 Å². The van der Waals surface area contributed by atoms with E-state index in [1.165, 1.54) is 0 Å². The number of anilines is 1. The molecule has 4 atom stereocenters. The van der Waals surface area contributed by atoms with E-state index in [0.717, 1.165) is 30.0 Å². The van der Waals surface area contributed by atoms with Gasteiger partial charge in [-0.25, -0.2) is 9.37 Å². The normalized spacial score (nSPS) is 28.4. The van der Waals surface area contributed by atoms with Gasteiger partial charge in [0.15, 0.2) is 0 Å². The third-order valence-electron chi connectivity index (χ3n) is 6.58. The van der Waals surface area contributed by atoms with Gasteiger partial charge in [-0.1, -0.05) is 0 Å². The van der Waals surface area contributed by atoms with E-state index in [2.05, 4.69) is 32.4 Å². The number of piperidine rings is 2. The van der Waals surface area contributed by atoms with E-state index >= 15 is 4.39 Å². The summed E-state index contributed by atoms with van der Waals surface area (Å²) >= 11 is 0. The van der Waals surface area contributed by atoms with Crippen LogP contribution in [0.25, 0.3) is 22.0 Å². The van der Waals surface area contributed by atoms with Gasteiger partial charge in [-0.05, 0) is 56.2 Å². The molecular weight excluding hydrogens is 383 g/mol. The molecule has 0 amide bonds. The average molecular weight is 408 g/mol. The van der Waals surface area contributed by atoms with Crippen LogP contribution in [0.5, 0.6) is 5.75 Å². The molecule has 5 rings (SSSR count). The molecular formula is C22H25FN6O. The van der Waals surface area contributed by atoms with Crippen LogP contribution < -0.4 is 10.2 Å². The number of alkyl halides is 1. The van der Waals surface area contributed by atoms with Crippen LogP contribution >= 0.6 is 0 Å². The number of pyridine rings is 1. The van der Waals surface area contributed by atoms with E-state index in [4.69, 9.17) is 0 Å². The molecule has 2 aromatic heterocycles. The Morgan fingerprint density at radius 1 is 1.23 bits per heavy atom. The first kappa shape index (κ1) is 19.1. The van der Waals surface area contributed by atoms with Gasteiger partial charge in [0.1, 0.15) is 17.6 Å². The van der Waals surface area contributed by atoms with Gasteiger partial charge in [-0.15, -0.1) is 10.2 Å². The number of halogens is 1. The molecule has 3 aromatic rings. The molecule has 156 valence electrons. The van der Waals surface area contributed by atoms with Crippen molar-refractivity contribution in [3.05, 3.63) is 36.8 Å². The molecule has 8 heteroatoms. The van der Waals surface area contributed by atoms with Gasteiger partial charge in [0.25, 0.3) is 0 Å². The predicted molar refractivity (Wildman–Crippen MR) is 113 cm³/mol. The molecule has 2 aliphatic heterocycles. The summed E-state index contributed by atoms with van der Waals surface area (Å²) in [5.41, 5.74) is 0.946. The average Bonchev–Trinajstić information content (AvgIpc) is 2.75. The van der Waals surface area contributed by atoms with Crippen molar-refractivity contribution < 1.29 is 9.50 Å². The minimum absolute atomic E-state index is 0.0529. The standard InChI is InChI=1S/C22H25FN6O/c1-22-6-3-4-16(26-22)20(23)18(10-22)29(2)21-25-12-17(27-28-21)15-8-14-11-24-7-5-13(14)9-19(15)30/h5,7-9,11-12,16,18,20,26,30H,3-4,6,10H2,1-2H3/t16-,18+,20+,22+/m0/s1. The van der Waals surface area contributed by atoms with E-state index in [0.29, 0.717) is 23.6 Å². The van der Waals surface area contributed by atoms with Crippen molar-refractivity contribution in [2.24, 2.45) is 0 Å². The van der Waals surface area contributed by atoms with Gasteiger partial charge in [-0.3, -0.25) is 4.98 Å². The third-order valence-corrected chi connectivity index (χ3v) is 6.58. The maximum atomic E-state index is 15.2. The van der Waals surface area contributed by atoms with Crippen molar-refractivity contribution in [3.63, 3.8) is 0 Å². The fraction of sp³-hybridized carbons (Fsp3) is 0.455. The van der Waals surface area contributed by atoms with Gasteiger partial charge in [0.05, 0.1) is 12.2 Å². The zero-order chi connectivity index (χ0) is 20.9. The highest BCUT2D eigenvalue weighted by atomic mass is 19.1. The summed E-state index contributed by atoms with van der Waals surface area (Å²) in [5.74, 6) is 0.491. The molecule has 2 saturated heterocycles. The van der Waals surface area contributed by atoms with Crippen molar-refractivity contribution in [3.8, 4) is 17.0 Å². The predicted octanol–water partition coefficient (Wildman–Crippen LogP) is 3.24. The highest BCUT2D eigenvalue weighted by molar-refractivity contribution is 5.89. The second-order valence-corrected chi connectivity index (χ2v) is 8.77. The molecule has 2 bridgehead atoms. The Hall–Kier alpha value is -2.87. The number of phenolic OH excluding ortho intramolecular Hbond substituents is 1. The first-order valence-corrected chi connectivity index (χ1v) is 10.3. The summed E-state index contributed by atoms with van der Waals surface area (Å²) in [7, 11) is 1.83. The van der Waals surface area contributed by atoms with Crippen LogP contribution in [0.2, 0.25) is 0 Å². The summed E-state index contributed by atoms with van der Waals surface area (Å²) in [4.78, 5) is 10.4. The lowest BCUT2D eigenvalue weighted by Gasteiger charge is -2.51. The van der Waals surface area contributed by atoms with E-state index < -0.39 is 6.17 Å². The Bertz CT molecular complexity index is 1080. The number of hydrogen-bond donors (Lipinski definition) is 2. The van der Waals surface area contributed by atoms with Gasteiger partial charge >= 0.3 is 0 Å². The second kappa shape index (κ2) is 7.12. The number of fused-ring (bicyclic) bond motifs is 3. The van der Waals surface area contributed by atoms with Gasteiger partial charge in [0.2, 0.25) is 5.95 Å². The van der Waals surface area contributed by atoms with Crippen LogP contribution in [0.3, 0.4) is 0 Å². The van der Waals surface area contributed by atoms with E-state index in [-0.39, 0.29) is 23.4 Å².